The summed E-state index contributed by atoms with van der Waals surface area (Å²) in [6, 6.07) is 0.331. The summed E-state index contributed by atoms with van der Waals surface area (Å²) >= 11 is 0. The Morgan fingerprint density at radius 3 is 2.61 bits per heavy atom. The predicted octanol–water partition coefficient (Wildman–Crippen LogP) is 1.46. The number of hydrogen-bond donors (Lipinski definition) is 2. The Labute approximate surface area is 110 Å². The van der Waals surface area contributed by atoms with Crippen LogP contribution < -0.4 is 5.32 Å². The van der Waals surface area contributed by atoms with Gasteiger partial charge in [-0.25, -0.2) is 0 Å². The van der Waals surface area contributed by atoms with Crippen LogP contribution in [0.1, 0.15) is 45.4 Å². The molecule has 106 valence electrons. The number of rotatable bonds is 6. The largest absolute Gasteiger partial charge is 0.389 e. The summed E-state index contributed by atoms with van der Waals surface area (Å²) in [4.78, 5) is 0. The minimum Gasteiger partial charge on any atom is -0.389 e. The van der Waals surface area contributed by atoms with E-state index in [0.717, 1.165) is 38.7 Å². The van der Waals surface area contributed by atoms with E-state index in [4.69, 9.17) is 9.47 Å². The van der Waals surface area contributed by atoms with Crippen LogP contribution in [-0.2, 0) is 9.47 Å². The highest BCUT2D eigenvalue weighted by atomic mass is 16.5. The molecule has 4 heteroatoms. The quantitative estimate of drug-likeness (QED) is 0.756. The molecule has 3 atom stereocenters. The van der Waals surface area contributed by atoms with Gasteiger partial charge in [-0.15, -0.1) is 0 Å². The van der Waals surface area contributed by atoms with Crippen molar-refractivity contribution < 1.29 is 14.6 Å². The maximum atomic E-state index is 10.4. The Balaban J connectivity index is 1.73. The normalized spacial score (nSPS) is 35.2. The van der Waals surface area contributed by atoms with Gasteiger partial charge in [-0.3, -0.25) is 0 Å². The molecule has 2 aliphatic carbocycles. The molecular weight excluding hydrogens is 230 g/mol. The lowest BCUT2D eigenvalue weighted by Gasteiger charge is -2.45. The van der Waals surface area contributed by atoms with Gasteiger partial charge in [0.15, 0.2) is 0 Å². The molecule has 2 aliphatic rings. The smallest absolute Gasteiger partial charge is 0.0986 e. The summed E-state index contributed by atoms with van der Waals surface area (Å²) in [6.45, 7) is 3.44. The van der Waals surface area contributed by atoms with E-state index in [1.165, 1.54) is 6.42 Å². The SMILES string of the molecule is CCOC1CC(NCC2(O)CCCCC2)C1OC. The first-order valence-electron chi connectivity index (χ1n) is 7.29. The van der Waals surface area contributed by atoms with Crippen LogP contribution in [0.25, 0.3) is 0 Å². The van der Waals surface area contributed by atoms with E-state index in [9.17, 15) is 5.11 Å². The predicted molar refractivity (Wildman–Crippen MR) is 70.7 cm³/mol. The summed E-state index contributed by atoms with van der Waals surface area (Å²) in [5.74, 6) is 0. The second kappa shape index (κ2) is 6.33. The summed E-state index contributed by atoms with van der Waals surface area (Å²) in [7, 11) is 1.74. The van der Waals surface area contributed by atoms with Crippen LogP contribution in [0.2, 0.25) is 0 Å². The van der Waals surface area contributed by atoms with Gasteiger partial charge in [-0.1, -0.05) is 19.3 Å². The monoisotopic (exact) mass is 257 g/mol. The van der Waals surface area contributed by atoms with Crippen LogP contribution in [0.5, 0.6) is 0 Å². The average molecular weight is 257 g/mol. The Morgan fingerprint density at radius 1 is 1.28 bits per heavy atom. The number of aliphatic hydroxyl groups is 1. The fourth-order valence-corrected chi connectivity index (χ4v) is 3.18. The van der Waals surface area contributed by atoms with Gasteiger partial charge in [-0.2, -0.15) is 0 Å². The van der Waals surface area contributed by atoms with E-state index in [1.54, 1.807) is 7.11 Å². The molecule has 0 bridgehead atoms. The second-order valence-electron chi connectivity index (χ2n) is 5.70. The third-order valence-electron chi connectivity index (χ3n) is 4.38. The molecule has 2 N–H and O–H groups in total. The Bertz CT molecular complexity index is 253. The number of hydrogen-bond acceptors (Lipinski definition) is 4. The minimum atomic E-state index is -0.493. The molecule has 4 nitrogen and oxygen atoms in total. The minimum absolute atomic E-state index is 0.136. The maximum absolute atomic E-state index is 10.4. The second-order valence-corrected chi connectivity index (χ2v) is 5.70. The molecule has 0 saturated heterocycles. The third-order valence-corrected chi connectivity index (χ3v) is 4.38. The third kappa shape index (κ3) is 3.23. The molecule has 0 amide bonds. The van der Waals surface area contributed by atoms with Gasteiger partial charge >= 0.3 is 0 Å². The van der Waals surface area contributed by atoms with Gasteiger partial charge in [0.05, 0.1) is 17.8 Å². The molecule has 18 heavy (non-hydrogen) atoms. The highest BCUT2D eigenvalue weighted by molar-refractivity contribution is 4.98. The zero-order valence-corrected chi connectivity index (χ0v) is 11.7. The van der Waals surface area contributed by atoms with Crippen molar-refractivity contribution in [1.82, 2.24) is 5.32 Å². The van der Waals surface area contributed by atoms with E-state index in [1.807, 2.05) is 6.92 Å². The van der Waals surface area contributed by atoms with E-state index in [0.29, 0.717) is 12.6 Å². The highest BCUT2D eigenvalue weighted by Crippen LogP contribution is 2.30. The molecule has 0 aromatic heterocycles. The lowest BCUT2D eigenvalue weighted by molar-refractivity contribution is -0.135. The van der Waals surface area contributed by atoms with E-state index >= 15 is 0 Å². The summed E-state index contributed by atoms with van der Waals surface area (Å²) in [5, 5.41) is 13.9. The van der Waals surface area contributed by atoms with Crippen molar-refractivity contribution in [1.29, 1.82) is 0 Å². The van der Waals surface area contributed by atoms with Crippen molar-refractivity contribution in [3.63, 3.8) is 0 Å². The van der Waals surface area contributed by atoms with Gasteiger partial charge in [0.1, 0.15) is 0 Å². The van der Waals surface area contributed by atoms with Crippen LogP contribution >= 0.6 is 0 Å². The fraction of sp³-hybridized carbons (Fsp3) is 1.00. The molecule has 3 unspecified atom stereocenters. The van der Waals surface area contributed by atoms with Crippen LogP contribution in [0.3, 0.4) is 0 Å². The highest BCUT2D eigenvalue weighted by Gasteiger charge is 2.43. The molecule has 0 aliphatic heterocycles. The molecule has 0 aromatic rings. The molecule has 2 rings (SSSR count). The van der Waals surface area contributed by atoms with Crippen LogP contribution in [0, 0.1) is 0 Å². The zero-order chi connectivity index (χ0) is 13.0. The first-order chi connectivity index (χ1) is 8.68. The molecule has 0 radical (unpaired) electrons. The van der Waals surface area contributed by atoms with Crippen LogP contribution in [0.4, 0.5) is 0 Å². The summed E-state index contributed by atoms with van der Waals surface area (Å²) in [5.41, 5.74) is -0.493. The first-order valence-corrected chi connectivity index (χ1v) is 7.29. The van der Waals surface area contributed by atoms with Gasteiger partial charge in [0.2, 0.25) is 0 Å². The van der Waals surface area contributed by atoms with Crippen molar-refractivity contribution >= 4 is 0 Å². The lowest BCUT2D eigenvalue weighted by atomic mass is 9.82. The van der Waals surface area contributed by atoms with Crippen molar-refractivity contribution in [3.05, 3.63) is 0 Å². The summed E-state index contributed by atoms with van der Waals surface area (Å²) < 4.78 is 11.1. The molecular formula is C14H27NO3. The molecule has 2 saturated carbocycles. The lowest BCUT2D eigenvalue weighted by Crippen LogP contribution is -2.62. The number of nitrogens with one attached hydrogen (secondary N) is 1. The van der Waals surface area contributed by atoms with E-state index in [2.05, 4.69) is 5.32 Å². The molecule has 0 spiro atoms. The average Bonchev–Trinajstić information content (AvgIpc) is 2.34. The van der Waals surface area contributed by atoms with Crippen molar-refractivity contribution in [3.8, 4) is 0 Å². The standard InChI is InChI=1S/C14H27NO3/c1-3-18-12-9-11(13(12)17-2)15-10-14(16)7-5-4-6-8-14/h11-13,15-16H,3-10H2,1-2H3. The van der Waals surface area contributed by atoms with Gasteiger partial charge in [0.25, 0.3) is 0 Å². The van der Waals surface area contributed by atoms with E-state index in [-0.39, 0.29) is 12.2 Å². The number of methoxy groups -OCH3 is 1. The van der Waals surface area contributed by atoms with E-state index < -0.39 is 5.60 Å². The Hall–Kier alpha value is -0.160. The first kappa shape index (κ1) is 14.3. The topological polar surface area (TPSA) is 50.7 Å². The van der Waals surface area contributed by atoms with Crippen molar-refractivity contribution in [2.45, 2.75) is 69.3 Å². The maximum Gasteiger partial charge on any atom is 0.0986 e. The fourth-order valence-electron chi connectivity index (χ4n) is 3.18. The van der Waals surface area contributed by atoms with Crippen LogP contribution in [0.15, 0.2) is 0 Å². The van der Waals surface area contributed by atoms with Gasteiger partial charge < -0.3 is 19.9 Å². The van der Waals surface area contributed by atoms with Crippen LogP contribution in [-0.4, -0.2) is 49.2 Å². The summed E-state index contributed by atoms with van der Waals surface area (Å²) in [6.07, 6.45) is 6.77. The number of ether oxygens (including phenoxy) is 2. The Kier molecular flexibility index (Phi) is 5.01. The zero-order valence-electron chi connectivity index (χ0n) is 11.7. The van der Waals surface area contributed by atoms with Gasteiger partial charge in [0, 0.05) is 26.3 Å². The Morgan fingerprint density at radius 2 is 2.00 bits per heavy atom. The molecule has 2 fully saturated rings. The van der Waals surface area contributed by atoms with Gasteiger partial charge in [-0.05, 0) is 26.2 Å². The molecule has 0 aromatic carbocycles. The van der Waals surface area contributed by atoms with Crippen molar-refractivity contribution in [2.24, 2.45) is 0 Å². The molecule has 0 heterocycles. The van der Waals surface area contributed by atoms with Crippen molar-refractivity contribution in [2.75, 3.05) is 20.3 Å².